The zero-order valence-corrected chi connectivity index (χ0v) is 18.1. The Kier molecular flexibility index (Phi) is 5.88. The smallest absolute Gasteiger partial charge is 0.416 e. The predicted molar refractivity (Wildman–Crippen MR) is 106 cm³/mol. The SMILES string of the molecule is CC(C)(C)OC(=O)C(c1cc(Br)ccc1F)n1ccc(C(F)(F)F)c(C2CC2)c1=O. The quantitative estimate of drug-likeness (QED) is 0.416. The third kappa shape index (κ3) is 4.77. The normalized spacial score (nSPS) is 15.7. The summed E-state index contributed by atoms with van der Waals surface area (Å²) in [6, 6.07) is 3.02. The average Bonchev–Trinajstić information content (AvgIpc) is 3.41. The van der Waals surface area contributed by atoms with Crippen LogP contribution in [0.25, 0.3) is 0 Å². The summed E-state index contributed by atoms with van der Waals surface area (Å²) in [5.41, 5.74) is -3.52. The van der Waals surface area contributed by atoms with Crippen molar-refractivity contribution in [1.29, 1.82) is 0 Å². The van der Waals surface area contributed by atoms with Gasteiger partial charge < -0.3 is 4.74 Å². The third-order valence-electron chi connectivity index (χ3n) is 4.61. The maximum atomic E-state index is 14.6. The van der Waals surface area contributed by atoms with Crippen molar-refractivity contribution >= 4 is 21.9 Å². The summed E-state index contributed by atoms with van der Waals surface area (Å²) in [5, 5.41) is 0. The van der Waals surface area contributed by atoms with E-state index < -0.39 is 52.2 Å². The number of benzene rings is 1. The molecule has 1 aliphatic carbocycles. The molecule has 1 aromatic carbocycles. The van der Waals surface area contributed by atoms with Crippen molar-refractivity contribution in [3.8, 4) is 0 Å². The molecule has 1 saturated carbocycles. The number of esters is 1. The van der Waals surface area contributed by atoms with Gasteiger partial charge in [-0.1, -0.05) is 15.9 Å². The number of ether oxygens (including phenoxy) is 1. The molecule has 1 aromatic heterocycles. The van der Waals surface area contributed by atoms with E-state index in [-0.39, 0.29) is 5.56 Å². The van der Waals surface area contributed by atoms with E-state index in [1.54, 1.807) is 20.8 Å². The minimum absolute atomic E-state index is 0.178. The van der Waals surface area contributed by atoms with E-state index in [0.717, 1.165) is 22.9 Å². The molecule has 0 bridgehead atoms. The van der Waals surface area contributed by atoms with Crippen LogP contribution in [-0.4, -0.2) is 16.1 Å². The Morgan fingerprint density at radius 1 is 1.20 bits per heavy atom. The lowest BCUT2D eigenvalue weighted by atomic mass is 10.0. The van der Waals surface area contributed by atoms with Gasteiger partial charge in [-0.2, -0.15) is 13.2 Å². The number of aromatic nitrogens is 1. The summed E-state index contributed by atoms with van der Waals surface area (Å²) in [7, 11) is 0. The average molecular weight is 490 g/mol. The Morgan fingerprint density at radius 3 is 2.37 bits per heavy atom. The number of halogens is 5. The zero-order chi connectivity index (χ0) is 22.4. The standard InChI is InChI=1S/C21H20BrF4NO3/c1-20(2,3)30-19(29)17(13-10-12(22)6-7-15(13)23)27-9-8-14(21(24,25)26)16(18(27)28)11-4-5-11/h6-11,17H,4-5H2,1-3H3. The molecule has 0 N–H and O–H groups in total. The van der Waals surface area contributed by atoms with E-state index >= 15 is 0 Å². The van der Waals surface area contributed by atoms with Gasteiger partial charge in [-0.05, 0) is 63.8 Å². The molecular weight excluding hydrogens is 470 g/mol. The molecule has 0 amide bonds. The third-order valence-corrected chi connectivity index (χ3v) is 5.10. The topological polar surface area (TPSA) is 48.3 Å². The molecule has 0 saturated heterocycles. The molecule has 1 fully saturated rings. The summed E-state index contributed by atoms with van der Waals surface area (Å²) in [5.74, 6) is -2.26. The molecule has 0 radical (unpaired) electrons. The van der Waals surface area contributed by atoms with Crippen LogP contribution in [0.5, 0.6) is 0 Å². The van der Waals surface area contributed by atoms with E-state index in [1.165, 1.54) is 12.1 Å². The van der Waals surface area contributed by atoms with E-state index in [2.05, 4.69) is 15.9 Å². The number of hydrogen-bond acceptors (Lipinski definition) is 3. The Labute approximate surface area is 179 Å². The van der Waals surface area contributed by atoms with Gasteiger partial charge in [0.15, 0.2) is 6.04 Å². The molecule has 2 aromatic rings. The monoisotopic (exact) mass is 489 g/mol. The lowest BCUT2D eigenvalue weighted by Crippen LogP contribution is -2.37. The van der Waals surface area contributed by atoms with E-state index in [4.69, 9.17) is 4.74 Å². The summed E-state index contributed by atoms with van der Waals surface area (Å²) in [4.78, 5) is 26.1. The van der Waals surface area contributed by atoms with Crippen molar-refractivity contribution < 1.29 is 27.1 Å². The fourth-order valence-corrected chi connectivity index (χ4v) is 3.63. The molecular formula is C21H20BrF4NO3. The van der Waals surface area contributed by atoms with Gasteiger partial charge in [0.2, 0.25) is 0 Å². The van der Waals surface area contributed by atoms with Crippen molar-refractivity contribution in [2.45, 2.75) is 57.3 Å². The molecule has 162 valence electrons. The number of nitrogens with zero attached hydrogens (tertiary/aromatic N) is 1. The van der Waals surface area contributed by atoms with Crippen LogP contribution in [0.4, 0.5) is 17.6 Å². The van der Waals surface area contributed by atoms with E-state index in [9.17, 15) is 27.2 Å². The van der Waals surface area contributed by atoms with Gasteiger partial charge in [0, 0.05) is 21.8 Å². The number of carbonyl (C=O) groups excluding carboxylic acids is 1. The zero-order valence-electron chi connectivity index (χ0n) is 16.5. The molecule has 3 rings (SSSR count). The first-order valence-electron chi connectivity index (χ1n) is 9.29. The highest BCUT2D eigenvalue weighted by Crippen LogP contribution is 2.44. The van der Waals surface area contributed by atoms with Crippen molar-refractivity contribution in [1.82, 2.24) is 4.57 Å². The first-order chi connectivity index (χ1) is 13.8. The second kappa shape index (κ2) is 7.83. The predicted octanol–water partition coefficient (Wildman–Crippen LogP) is 5.58. The molecule has 0 aliphatic heterocycles. The van der Waals surface area contributed by atoms with Crippen LogP contribution in [0.1, 0.15) is 62.3 Å². The highest BCUT2D eigenvalue weighted by atomic mass is 79.9. The maximum Gasteiger partial charge on any atom is 0.416 e. The molecule has 0 spiro atoms. The van der Waals surface area contributed by atoms with Crippen molar-refractivity contribution in [3.05, 3.63) is 67.8 Å². The lowest BCUT2D eigenvalue weighted by molar-refractivity contribution is -0.157. The van der Waals surface area contributed by atoms with Crippen LogP contribution in [0.3, 0.4) is 0 Å². The Bertz CT molecular complexity index is 1040. The number of carbonyl (C=O) groups is 1. The number of hydrogen-bond donors (Lipinski definition) is 0. The number of pyridine rings is 1. The van der Waals surface area contributed by atoms with Crippen molar-refractivity contribution in [2.75, 3.05) is 0 Å². The molecule has 1 aliphatic rings. The molecule has 30 heavy (non-hydrogen) atoms. The molecule has 1 unspecified atom stereocenters. The van der Waals surface area contributed by atoms with Gasteiger partial charge in [-0.3, -0.25) is 9.36 Å². The fourth-order valence-electron chi connectivity index (χ4n) is 3.26. The summed E-state index contributed by atoms with van der Waals surface area (Å²) < 4.78 is 61.7. The van der Waals surface area contributed by atoms with Crippen LogP contribution in [0, 0.1) is 5.82 Å². The van der Waals surface area contributed by atoms with Crippen LogP contribution in [-0.2, 0) is 15.7 Å². The molecule has 1 heterocycles. The molecule has 4 nitrogen and oxygen atoms in total. The summed E-state index contributed by atoms with van der Waals surface area (Å²) in [6.07, 6.45) is -2.93. The lowest BCUT2D eigenvalue weighted by Gasteiger charge is -2.26. The second-order valence-electron chi connectivity index (χ2n) is 8.23. The van der Waals surface area contributed by atoms with Gasteiger partial charge in [0.1, 0.15) is 11.4 Å². The van der Waals surface area contributed by atoms with Gasteiger partial charge in [0.05, 0.1) is 5.56 Å². The van der Waals surface area contributed by atoms with Crippen LogP contribution >= 0.6 is 15.9 Å². The van der Waals surface area contributed by atoms with E-state index in [1.807, 2.05) is 0 Å². The highest BCUT2D eigenvalue weighted by Gasteiger charge is 2.42. The molecule has 1 atom stereocenters. The maximum absolute atomic E-state index is 14.6. The summed E-state index contributed by atoms with van der Waals surface area (Å²) in [6.45, 7) is 4.80. The van der Waals surface area contributed by atoms with Crippen molar-refractivity contribution in [3.63, 3.8) is 0 Å². The van der Waals surface area contributed by atoms with Crippen molar-refractivity contribution in [2.24, 2.45) is 0 Å². The van der Waals surface area contributed by atoms with Gasteiger partial charge >= 0.3 is 12.1 Å². The Hall–Kier alpha value is -2.16. The first-order valence-corrected chi connectivity index (χ1v) is 10.1. The van der Waals surface area contributed by atoms with Crippen LogP contribution in [0.15, 0.2) is 39.7 Å². The number of alkyl halides is 3. The van der Waals surface area contributed by atoms with E-state index in [0.29, 0.717) is 17.3 Å². The second-order valence-corrected chi connectivity index (χ2v) is 9.15. The fraction of sp³-hybridized carbons (Fsp3) is 0.429. The number of rotatable bonds is 4. The van der Waals surface area contributed by atoms with Gasteiger partial charge in [-0.15, -0.1) is 0 Å². The highest BCUT2D eigenvalue weighted by molar-refractivity contribution is 9.10. The summed E-state index contributed by atoms with van der Waals surface area (Å²) >= 11 is 3.20. The Balaban J connectivity index is 2.24. The molecule has 9 heteroatoms. The van der Waals surface area contributed by atoms with Crippen LogP contribution < -0.4 is 5.56 Å². The van der Waals surface area contributed by atoms with Gasteiger partial charge in [0.25, 0.3) is 5.56 Å². The largest absolute Gasteiger partial charge is 0.458 e. The van der Waals surface area contributed by atoms with Gasteiger partial charge in [-0.25, -0.2) is 9.18 Å². The minimum Gasteiger partial charge on any atom is -0.458 e. The van der Waals surface area contributed by atoms with Crippen LogP contribution in [0.2, 0.25) is 0 Å². The first kappa shape index (κ1) is 22.5. The minimum atomic E-state index is -4.71. The Morgan fingerprint density at radius 2 is 1.83 bits per heavy atom.